The maximum absolute atomic E-state index is 13.2. The van der Waals surface area contributed by atoms with Crippen molar-refractivity contribution in [2.24, 2.45) is 11.1 Å². The van der Waals surface area contributed by atoms with Gasteiger partial charge in [-0.25, -0.2) is 0 Å². The van der Waals surface area contributed by atoms with Crippen LogP contribution < -0.4 is 5.73 Å². The van der Waals surface area contributed by atoms with Gasteiger partial charge in [-0.1, -0.05) is 51.8 Å². The second-order valence-corrected chi connectivity index (χ2v) is 10.0. The van der Waals surface area contributed by atoms with Crippen molar-refractivity contribution in [3.63, 3.8) is 0 Å². The summed E-state index contributed by atoms with van der Waals surface area (Å²) in [5, 5.41) is 0.739. The summed E-state index contributed by atoms with van der Waals surface area (Å²) in [6.07, 6.45) is 3.82. The topological polar surface area (TPSA) is 49.6 Å². The van der Waals surface area contributed by atoms with Crippen LogP contribution in [0.1, 0.15) is 42.9 Å². The van der Waals surface area contributed by atoms with Crippen molar-refractivity contribution in [3.05, 3.63) is 69.2 Å². The molecule has 2 heterocycles. The van der Waals surface area contributed by atoms with Gasteiger partial charge in [0.15, 0.2) is 0 Å². The first-order valence-corrected chi connectivity index (χ1v) is 11.9. The molecule has 2 N–H and O–H groups in total. The summed E-state index contributed by atoms with van der Waals surface area (Å²) in [5.41, 5.74) is 8.54. The van der Waals surface area contributed by atoms with E-state index in [1.807, 2.05) is 36.4 Å². The Morgan fingerprint density at radius 1 is 1.00 bits per heavy atom. The van der Waals surface area contributed by atoms with Crippen LogP contribution in [-0.4, -0.2) is 41.9 Å². The number of hydrogen-bond acceptors (Lipinski definition) is 3. The van der Waals surface area contributed by atoms with Crippen LogP contribution in [0.5, 0.6) is 0 Å². The zero-order valence-corrected chi connectivity index (χ0v) is 20.8. The lowest BCUT2D eigenvalue weighted by atomic mass is 9.77. The SMILES string of the molecule is Cl.NC(CCN1CCC2(CC1)CCN(Cc1ccc(Br)cc1)C2=O)c1ccc(Cl)cc1. The van der Waals surface area contributed by atoms with Gasteiger partial charge in [0.2, 0.25) is 5.91 Å². The van der Waals surface area contributed by atoms with E-state index in [4.69, 9.17) is 17.3 Å². The van der Waals surface area contributed by atoms with Gasteiger partial charge in [0.25, 0.3) is 0 Å². The number of nitrogens with zero attached hydrogens (tertiary/aromatic N) is 2. The molecule has 7 heteroatoms. The molecule has 0 bridgehead atoms. The summed E-state index contributed by atoms with van der Waals surface area (Å²) in [6, 6.07) is 16.1. The summed E-state index contributed by atoms with van der Waals surface area (Å²) in [5.74, 6) is 0.350. The molecule has 4 nitrogen and oxygen atoms in total. The Hall–Kier alpha value is -1.11. The fourth-order valence-corrected chi connectivity index (χ4v) is 5.11. The molecule has 2 aliphatic heterocycles. The number of rotatable bonds is 6. The van der Waals surface area contributed by atoms with E-state index in [9.17, 15) is 4.79 Å². The molecular weight excluding hydrogens is 497 g/mol. The highest BCUT2D eigenvalue weighted by Gasteiger charge is 2.47. The van der Waals surface area contributed by atoms with E-state index in [-0.39, 0.29) is 23.9 Å². The van der Waals surface area contributed by atoms with Crippen molar-refractivity contribution in [2.45, 2.75) is 38.3 Å². The van der Waals surface area contributed by atoms with Crippen LogP contribution in [-0.2, 0) is 11.3 Å². The van der Waals surface area contributed by atoms with Crippen molar-refractivity contribution < 1.29 is 4.79 Å². The Morgan fingerprint density at radius 2 is 1.61 bits per heavy atom. The zero-order chi connectivity index (χ0) is 21.1. The van der Waals surface area contributed by atoms with Crippen LogP contribution in [0.2, 0.25) is 5.02 Å². The highest BCUT2D eigenvalue weighted by molar-refractivity contribution is 9.10. The van der Waals surface area contributed by atoms with Gasteiger partial charge in [-0.2, -0.15) is 0 Å². The molecule has 1 amide bonds. The summed E-state index contributed by atoms with van der Waals surface area (Å²) in [6.45, 7) is 4.51. The Kier molecular flexibility index (Phi) is 8.44. The molecule has 2 aromatic rings. The second-order valence-electron chi connectivity index (χ2n) is 8.67. The summed E-state index contributed by atoms with van der Waals surface area (Å²) >= 11 is 9.44. The standard InChI is InChI=1S/C24H29BrClN3O.ClH/c25-20-5-1-18(2-6-20)17-29-16-12-24(23(29)30)10-14-28(15-11-24)13-9-22(27)19-3-7-21(26)8-4-19;/h1-8,22H,9-17,27H2;1H. The molecule has 168 valence electrons. The van der Waals surface area contributed by atoms with E-state index in [0.29, 0.717) is 12.5 Å². The lowest BCUT2D eigenvalue weighted by Crippen LogP contribution is -2.45. The van der Waals surface area contributed by atoms with Crippen molar-refractivity contribution in [2.75, 3.05) is 26.2 Å². The third-order valence-electron chi connectivity index (χ3n) is 6.76. The normalized spacial score (nSPS) is 19.5. The Balaban J connectivity index is 0.00000272. The van der Waals surface area contributed by atoms with E-state index in [1.165, 1.54) is 5.56 Å². The number of carbonyl (C=O) groups is 1. The summed E-state index contributed by atoms with van der Waals surface area (Å²) < 4.78 is 1.07. The lowest BCUT2D eigenvalue weighted by molar-refractivity contribution is -0.138. The van der Waals surface area contributed by atoms with Crippen LogP contribution in [0.25, 0.3) is 0 Å². The number of benzene rings is 2. The molecule has 4 rings (SSSR count). The molecule has 2 aliphatic rings. The van der Waals surface area contributed by atoms with Crippen molar-refractivity contribution in [1.29, 1.82) is 0 Å². The monoisotopic (exact) mass is 525 g/mol. The number of nitrogens with two attached hydrogens (primary N) is 1. The molecule has 0 aliphatic carbocycles. The fourth-order valence-electron chi connectivity index (χ4n) is 4.72. The first-order valence-electron chi connectivity index (χ1n) is 10.7. The molecule has 1 unspecified atom stereocenters. The van der Waals surface area contributed by atoms with Gasteiger partial charge in [0, 0.05) is 28.6 Å². The first-order chi connectivity index (χ1) is 14.4. The van der Waals surface area contributed by atoms with Crippen molar-refractivity contribution in [1.82, 2.24) is 9.80 Å². The van der Waals surface area contributed by atoms with E-state index >= 15 is 0 Å². The van der Waals surface area contributed by atoms with Crippen LogP contribution in [0, 0.1) is 5.41 Å². The van der Waals surface area contributed by atoms with Gasteiger partial charge in [-0.15, -0.1) is 12.4 Å². The summed E-state index contributed by atoms with van der Waals surface area (Å²) in [7, 11) is 0. The largest absolute Gasteiger partial charge is 0.338 e. The minimum atomic E-state index is -0.149. The maximum Gasteiger partial charge on any atom is 0.229 e. The quantitative estimate of drug-likeness (QED) is 0.546. The molecule has 1 spiro atoms. The predicted octanol–water partition coefficient (Wildman–Crippen LogP) is 5.43. The van der Waals surface area contributed by atoms with E-state index in [1.54, 1.807) is 0 Å². The van der Waals surface area contributed by atoms with Gasteiger partial charge >= 0.3 is 0 Å². The third-order valence-corrected chi connectivity index (χ3v) is 7.54. The molecule has 0 saturated carbocycles. The van der Waals surface area contributed by atoms with Gasteiger partial charge in [0.1, 0.15) is 0 Å². The average molecular weight is 527 g/mol. The number of amides is 1. The highest BCUT2D eigenvalue weighted by Crippen LogP contribution is 2.42. The average Bonchev–Trinajstić information content (AvgIpc) is 3.05. The predicted molar refractivity (Wildman–Crippen MR) is 133 cm³/mol. The smallest absolute Gasteiger partial charge is 0.229 e. The third kappa shape index (κ3) is 5.82. The number of likely N-dealkylation sites (tertiary alicyclic amines) is 2. The van der Waals surface area contributed by atoms with Crippen LogP contribution >= 0.6 is 39.9 Å². The second kappa shape index (κ2) is 10.7. The van der Waals surface area contributed by atoms with E-state index in [2.05, 4.69) is 37.9 Å². The van der Waals surface area contributed by atoms with Gasteiger partial charge in [0.05, 0.1) is 5.41 Å². The highest BCUT2D eigenvalue weighted by atomic mass is 79.9. The maximum atomic E-state index is 13.2. The van der Waals surface area contributed by atoms with Crippen molar-refractivity contribution in [3.8, 4) is 0 Å². The molecular formula is C24H30BrCl2N3O. The molecule has 2 fully saturated rings. The minimum Gasteiger partial charge on any atom is -0.338 e. The molecule has 0 radical (unpaired) electrons. The van der Waals surface area contributed by atoms with Gasteiger partial charge in [-0.3, -0.25) is 4.79 Å². The minimum absolute atomic E-state index is 0. The number of piperidine rings is 1. The van der Waals surface area contributed by atoms with E-state index < -0.39 is 0 Å². The van der Waals surface area contributed by atoms with Crippen LogP contribution in [0.3, 0.4) is 0 Å². The molecule has 2 aromatic carbocycles. The van der Waals surface area contributed by atoms with Crippen LogP contribution in [0.4, 0.5) is 0 Å². The number of hydrogen-bond donors (Lipinski definition) is 1. The van der Waals surface area contributed by atoms with Gasteiger partial charge in [-0.05, 0) is 80.7 Å². The summed E-state index contributed by atoms with van der Waals surface area (Å²) in [4.78, 5) is 17.7. The van der Waals surface area contributed by atoms with Crippen LogP contribution in [0.15, 0.2) is 53.0 Å². The molecule has 0 aromatic heterocycles. The lowest BCUT2D eigenvalue weighted by Gasteiger charge is -2.38. The first kappa shape index (κ1) is 24.5. The Morgan fingerprint density at radius 3 is 2.26 bits per heavy atom. The fraction of sp³-hybridized carbons (Fsp3) is 0.458. The molecule has 2 saturated heterocycles. The zero-order valence-electron chi connectivity index (χ0n) is 17.6. The Bertz CT molecular complexity index is 867. The number of carbonyl (C=O) groups excluding carboxylic acids is 1. The van der Waals surface area contributed by atoms with Crippen molar-refractivity contribution >= 4 is 45.8 Å². The number of halogens is 3. The van der Waals surface area contributed by atoms with Gasteiger partial charge < -0.3 is 15.5 Å². The Labute approximate surface area is 204 Å². The molecule has 31 heavy (non-hydrogen) atoms. The van der Waals surface area contributed by atoms with E-state index in [0.717, 1.165) is 66.9 Å². The molecule has 1 atom stereocenters.